The van der Waals surface area contributed by atoms with Crippen LogP contribution in [0.1, 0.15) is 145 Å². The third-order valence-electron chi connectivity index (χ3n) is 17.6. The van der Waals surface area contributed by atoms with Crippen molar-refractivity contribution in [3.05, 3.63) is 467 Å². The van der Waals surface area contributed by atoms with Gasteiger partial charge in [0.05, 0.1) is 0 Å². The van der Waals surface area contributed by atoms with E-state index in [0.29, 0.717) is 0 Å². The van der Waals surface area contributed by atoms with Crippen LogP contribution in [0.3, 0.4) is 0 Å². The molecule has 14 aromatic carbocycles. The van der Waals surface area contributed by atoms with Crippen LogP contribution in [-0.4, -0.2) is 40.3 Å². The van der Waals surface area contributed by atoms with Crippen molar-refractivity contribution in [3.8, 4) is 36.0 Å². The zero-order valence-corrected chi connectivity index (χ0v) is 84.5. The van der Waals surface area contributed by atoms with E-state index in [1.165, 1.54) is 99.6 Å². The van der Waals surface area contributed by atoms with Crippen LogP contribution in [0.4, 0.5) is 0 Å². The zero-order valence-electron chi connectivity index (χ0n) is 68.1. The summed E-state index contributed by atoms with van der Waals surface area (Å²) in [5.74, 6) is 15.4. The van der Waals surface area contributed by atoms with Crippen molar-refractivity contribution in [2.45, 2.75) is 80.3 Å². The van der Waals surface area contributed by atoms with Gasteiger partial charge in [0, 0.05) is 98.7 Å². The molecule has 0 aliphatic rings. The number of aliphatic hydroxyl groups excluding tert-OH is 2. The van der Waals surface area contributed by atoms with Gasteiger partial charge in [-0.15, -0.1) is 6.42 Å². The molecule has 0 aromatic heterocycles. The standard InChI is InChI=1S/C40H30O2S2.C20H16I2O2.C20H16I2.C10H8OS.C8H8O.C6H4I2.B.Na.H/c1-29(41)43-39-23-19-33(20-24-39)5-3-31-7-11-35(12-8-31)27-37-15-17-38(18-16-37)28-36-13-9-32(10-14-36)4-6-34-21-25-40(26-22-34)44-30(2)42;21-17-9-5-15(6-10-17)19(23)13-1-2-14(4-3-13)20(24)16-7-11-18(22)12-8-16;21-19-9-5-17(6-10-19)13-15-1-2-16(4-3-15)14-18-7-11-20(22)12-8-18;1-3-9-4-6-10(7-5-9)12-8(2)11;1-7-2-4-8(6-9)5-3-7;7-5-1-2-6(8)4-3-5;;;/h7-26H,27-28H2,1-2H3;1-12,19-20,23-24H;1-12H,13-14H2;1,4-7H,2H3;2-6H,1H3;1-4H;;;/q;;;;;;;+1;-1. The summed E-state index contributed by atoms with van der Waals surface area (Å²) >= 11 is 17.4. The van der Waals surface area contributed by atoms with Crippen molar-refractivity contribution in [2.75, 3.05) is 0 Å². The fourth-order valence-corrected chi connectivity index (χ4v) is 15.3. The molecule has 121 heavy (non-hydrogen) atoms. The number of hydrogen-bond donors (Lipinski definition) is 2. The van der Waals surface area contributed by atoms with E-state index >= 15 is 0 Å². The number of hydrogen-bond acceptors (Lipinski definition) is 9. The van der Waals surface area contributed by atoms with Gasteiger partial charge in [0.15, 0.2) is 15.3 Å². The Labute approximate surface area is 833 Å². The molecule has 0 spiro atoms. The van der Waals surface area contributed by atoms with Gasteiger partial charge in [-0.05, 0) is 405 Å². The van der Waals surface area contributed by atoms with Crippen molar-refractivity contribution in [1.29, 1.82) is 0 Å². The molecule has 14 aromatic rings. The number of aliphatic hydroxyl groups is 2. The molecule has 2 N–H and O–H groups in total. The van der Waals surface area contributed by atoms with Crippen LogP contribution in [0.25, 0.3) is 0 Å². The van der Waals surface area contributed by atoms with Crippen LogP contribution in [-0.2, 0) is 40.1 Å². The van der Waals surface area contributed by atoms with Crippen molar-refractivity contribution >= 4 is 201 Å². The predicted molar refractivity (Wildman–Crippen MR) is 552 cm³/mol. The number of aryl methyl sites for hydroxylation is 1. The molecule has 0 saturated heterocycles. The fraction of sp³-hybridized carbons (Fsp3) is 0.0962. The van der Waals surface area contributed by atoms with E-state index < -0.39 is 12.2 Å². The van der Waals surface area contributed by atoms with Crippen molar-refractivity contribution < 1.29 is 60.4 Å². The van der Waals surface area contributed by atoms with E-state index in [1.54, 1.807) is 20.8 Å². The number of terminal acetylenes is 1. The molecule has 17 heteroatoms. The number of aldehydes is 1. The van der Waals surface area contributed by atoms with E-state index in [-0.39, 0.29) is 54.7 Å². The SMILES string of the molecule is C#Cc1ccc(SC(C)=O)cc1.CC(=O)Sc1ccc(C#Cc2ccc(Cc3ccc(Cc4ccc(C#Cc5ccc(SC(C)=O)cc5)cc4)cc3)cc2)cc1.Cc1ccc(C=O)cc1.Ic1ccc(Cc2ccc(Cc3ccc(I)cc3)cc2)cc1.Ic1ccc(I)cc1.OC(c1ccc(I)cc1)c1ccc(C(O)c2ccc(I)cc2)cc1.[B].[H-].[Na+]. The monoisotopic (exact) mass is 2320 g/mol. The van der Waals surface area contributed by atoms with Gasteiger partial charge < -0.3 is 11.6 Å². The summed E-state index contributed by atoms with van der Waals surface area (Å²) in [5.41, 5.74) is 20.4. The van der Waals surface area contributed by atoms with Crippen molar-refractivity contribution in [2.24, 2.45) is 0 Å². The molecule has 14 rings (SSSR count). The second kappa shape index (κ2) is 54.6. The molecule has 2 atom stereocenters. The topological polar surface area (TPSA) is 109 Å². The molecular weight excluding hydrogens is 2240 g/mol. The zero-order chi connectivity index (χ0) is 84.8. The predicted octanol–water partition coefficient (Wildman–Crippen LogP) is 23.8. The van der Waals surface area contributed by atoms with E-state index in [9.17, 15) is 29.4 Å². The van der Waals surface area contributed by atoms with Gasteiger partial charge in [0.25, 0.3) is 0 Å². The quantitative estimate of drug-likeness (QED) is 0.0321. The van der Waals surface area contributed by atoms with Gasteiger partial charge in [0.2, 0.25) is 0 Å². The molecular formula is C104H83BI6NaO6S3. The van der Waals surface area contributed by atoms with E-state index in [2.05, 4.69) is 335 Å². The Morgan fingerprint density at radius 3 is 0.711 bits per heavy atom. The fourth-order valence-electron chi connectivity index (χ4n) is 11.3. The van der Waals surface area contributed by atoms with Crippen LogP contribution in [0.5, 0.6) is 0 Å². The van der Waals surface area contributed by atoms with E-state index in [0.717, 1.165) is 109 Å². The Morgan fingerprint density at radius 1 is 0.314 bits per heavy atom. The largest absolute Gasteiger partial charge is 1.00 e. The second-order valence-corrected chi connectivity index (χ2v) is 38.3. The van der Waals surface area contributed by atoms with Crippen LogP contribution in [0.15, 0.2) is 354 Å². The summed E-state index contributed by atoms with van der Waals surface area (Å²) in [5, 5.41) is 21.2. The normalized spacial score (nSPS) is 10.5. The molecule has 0 heterocycles. The molecule has 0 saturated carbocycles. The Kier molecular flexibility index (Phi) is 45.5. The first kappa shape index (κ1) is 101. The maximum absolute atomic E-state index is 11.2. The number of carbonyl (C=O) groups is 4. The summed E-state index contributed by atoms with van der Waals surface area (Å²) < 4.78 is 7.44. The van der Waals surface area contributed by atoms with Crippen LogP contribution >= 0.6 is 171 Å². The molecule has 3 radical (unpaired) electrons. The summed E-state index contributed by atoms with van der Waals surface area (Å²) in [6, 6.07) is 114. The minimum absolute atomic E-state index is 0. The van der Waals surface area contributed by atoms with Gasteiger partial charge >= 0.3 is 29.6 Å². The second-order valence-electron chi connectivity index (χ2n) is 27.0. The van der Waals surface area contributed by atoms with E-state index in [4.69, 9.17) is 6.42 Å². The van der Waals surface area contributed by atoms with Gasteiger partial charge in [0.1, 0.15) is 18.5 Å². The number of halogens is 6. The molecule has 0 bridgehead atoms. The summed E-state index contributed by atoms with van der Waals surface area (Å²) in [6.07, 6.45) is 8.44. The first-order chi connectivity index (χ1) is 57.4. The van der Waals surface area contributed by atoms with Crippen LogP contribution < -0.4 is 29.6 Å². The smallest absolute Gasteiger partial charge is 1.00 e. The Bertz CT molecular complexity index is 5460. The average Bonchev–Trinajstić information content (AvgIpc) is 0.821. The summed E-state index contributed by atoms with van der Waals surface area (Å²) in [4.78, 5) is 46.1. The Morgan fingerprint density at radius 2 is 0.496 bits per heavy atom. The van der Waals surface area contributed by atoms with Crippen LogP contribution in [0.2, 0.25) is 0 Å². The van der Waals surface area contributed by atoms with Crippen LogP contribution in [0, 0.1) is 64.4 Å². The maximum Gasteiger partial charge on any atom is 1.00 e. The molecule has 6 nitrogen and oxygen atoms in total. The Balaban J connectivity index is 0.000000250. The molecule has 0 fully saturated rings. The molecule has 2 unspecified atom stereocenters. The summed E-state index contributed by atoms with van der Waals surface area (Å²) in [6.45, 7) is 6.67. The minimum atomic E-state index is -0.661. The molecule has 0 amide bonds. The van der Waals surface area contributed by atoms with Gasteiger partial charge in [-0.25, -0.2) is 0 Å². The third kappa shape index (κ3) is 38.1. The summed E-state index contributed by atoms with van der Waals surface area (Å²) in [7, 11) is 0. The average molecular weight is 2320 g/mol. The number of thioether (sulfide) groups is 3. The molecule has 599 valence electrons. The van der Waals surface area contributed by atoms with Gasteiger partial charge in [-0.3, -0.25) is 19.2 Å². The van der Waals surface area contributed by atoms with E-state index in [1.807, 2.05) is 177 Å². The molecule has 0 aliphatic carbocycles. The van der Waals surface area contributed by atoms with Gasteiger partial charge in [-0.2, -0.15) is 0 Å². The number of carbonyl (C=O) groups excluding carboxylic acids is 4. The van der Waals surface area contributed by atoms with Gasteiger partial charge in [-0.1, -0.05) is 240 Å². The number of rotatable bonds is 16. The van der Waals surface area contributed by atoms with Crippen molar-refractivity contribution in [1.82, 2.24) is 0 Å². The first-order valence-electron chi connectivity index (χ1n) is 37.5. The Hall–Kier alpha value is -7.15. The first-order valence-corrected chi connectivity index (χ1v) is 46.5. The maximum atomic E-state index is 11.2. The molecule has 0 aliphatic heterocycles. The minimum Gasteiger partial charge on any atom is -1.00 e. The number of benzene rings is 14. The van der Waals surface area contributed by atoms with Crippen molar-refractivity contribution in [3.63, 3.8) is 0 Å². The third-order valence-corrected chi connectivity index (χ3v) is 24.3.